The Hall–Kier alpha value is -6.52. The number of aryl methyl sites for hydroxylation is 1. The largest absolute Gasteiger partial charge is 0.506 e. The minimum atomic E-state index is 0.0885. The van der Waals surface area contributed by atoms with Gasteiger partial charge in [0.25, 0.3) is 0 Å². The van der Waals surface area contributed by atoms with Gasteiger partial charge in [-0.1, -0.05) is 117 Å². The van der Waals surface area contributed by atoms with Gasteiger partial charge in [-0.05, 0) is 158 Å². The Balaban J connectivity index is 0.00000253. The number of nitrogens with two attached hydrogens (primary N) is 1. The molecule has 0 bridgehead atoms. The maximum absolute atomic E-state index is 10.9. The van der Waals surface area contributed by atoms with Gasteiger partial charge >= 0.3 is 0 Å². The van der Waals surface area contributed by atoms with E-state index >= 15 is 0 Å². The van der Waals surface area contributed by atoms with E-state index in [4.69, 9.17) is 5.73 Å². The first-order chi connectivity index (χ1) is 29.7. The second kappa shape index (κ2) is 18.0. The lowest BCUT2D eigenvalue weighted by Gasteiger charge is -2.27. The summed E-state index contributed by atoms with van der Waals surface area (Å²) in [7, 11) is 0. The highest BCUT2D eigenvalue weighted by molar-refractivity contribution is 6.12. The molecule has 308 valence electrons. The van der Waals surface area contributed by atoms with Gasteiger partial charge in [-0.3, -0.25) is 0 Å². The molecule has 0 radical (unpaired) electrons. The fourth-order valence-electron chi connectivity index (χ4n) is 9.23. The molecule has 6 aromatic rings. The molecule has 3 aliphatic carbocycles. The van der Waals surface area contributed by atoms with Crippen molar-refractivity contribution in [1.29, 1.82) is 0 Å². The topological polar surface area (TPSA) is 54.4 Å². The Labute approximate surface area is 362 Å². The Kier molecular flexibility index (Phi) is 12.2. The molecular weight excluding hydrogens is 743 g/mol. The third-order valence-corrected chi connectivity index (χ3v) is 12.7. The number of hydrogen-bond acceptors (Lipinski definition) is 3. The van der Waals surface area contributed by atoms with Crippen molar-refractivity contribution in [2.45, 2.75) is 73.6 Å². The Morgan fingerprint density at radius 1 is 0.803 bits per heavy atom. The molecule has 4 nitrogen and oxygen atoms in total. The van der Waals surface area contributed by atoms with E-state index in [1.807, 2.05) is 26.0 Å². The summed E-state index contributed by atoms with van der Waals surface area (Å²) in [6.45, 7) is 12.9. The SMILES string of the molecule is C/C(=C\C=C(/C)C1CC=CCC1)c1ccc(-n2c3cc(C)c(C4=CC=C(N(c5ccccc5)c5cccc6c5=CCCC=6)C=CC4C)cc3c3cc(N)c(O)cc32)cc1.CC. The summed E-state index contributed by atoms with van der Waals surface area (Å²) in [4.78, 5) is 2.39. The summed E-state index contributed by atoms with van der Waals surface area (Å²) in [6, 6.07) is 34.5. The maximum Gasteiger partial charge on any atom is 0.140 e. The predicted octanol–water partition coefficient (Wildman–Crippen LogP) is 13.8. The van der Waals surface area contributed by atoms with Crippen LogP contribution < -0.4 is 21.1 Å². The molecule has 1 heterocycles. The molecule has 1 aromatic heterocycles. The van der Waals surface area contributed by atoms with Crippen molar-refractivity contribution < 1.29 is 5.11 Å². The molecule has 61 heavy (non-hydrogen) atoms. The minimum Gasteiger partial charge on any atom is -0.506 e. The zero-order valence-electron chi connectivity index (χ0n) is 36.6. The van der Waals surface area contributed by atoms with Crippen LogP contribution in [-0.2, 0) is 0 Å². The molecule has 2 unspecified atom stereocenters. The highest BCUT2D eigenvalue weighted by Crippen LogP contribution is 2.41. The van der Waals surface area contributed by atoms with Gasteiger partial charge in [0.1, 0.15) is 5.75 Å². The number of anilines is 3. The lowest BCUT2D eigenvalue weighted by molar-refractivity contribution is 0.478. The Morgan fingerprint density at radius 3 is 2.33 bits per heavy atom. The molecule has 0 amide bonds. The van der Waals surface area contributed by atoms with Gasteiger partial charge in [-0.25, -0.2) is 0 Å². The molecule has 0 saturated heterocycles. The van der Waals surface area contributed by atoms with Gasteiger partial charge in [0.05, 0.1) is 22.4 Å². The van der Waals surface area contributed by atoms with E-state index in [9.17, 15) is 5.11 Å². The van der Waals surface area contributed by atoms with Crippen LogP contribution in [0.25, 0.3) is 50.8 Å². The normalized spacial score (nSPS) is 17.7. The molecular formula is C57H59N3O. The van der Waals surface area contributed by atoms with E-state index in [2.05, 4.69) is 183 Å². The molecule has 3 aliphatic rings. The van der Waals surface area contributed by atoms with E-state index < -0.39 is 0 Å². The van der Waals surface area contributed by atoms with Gasteiger partial charge in [0.15, 0.2) is 0 Å². The number of para-hydroxylation sites is 1. The average molecular weight is 802 g/mol. The Bertz CT molecular complexity index is 2920. The van der Waals surface area contributed by atoms with Crippen LogP contribution in [0.3, 0.4) is 0 Å². The van der Waals surface area contributed by atoms with Gasteiger partial charge in [-0.2, -0.15) is 0 Å². The van der Waals surface area contributed by atoms with E-state index in [-0.39, 0.29) is 11.7 Å². The van der Waals surface area contributed by atoms with Gasteiger partial charge in [-0.15, -0.1) is 0 Å². The van der Waals surface area contributed by atoms with Crippen LogP contribution in [0.15, 0.2) is 157 Å². The number of fused-ring (bicyclic) bond motifs is 4. The highest BCUT2D eigenvalue weighted by atomic mass is 16.3. The van der Waals surface area contributed by atoms with Crippen LogP contribution in [0.4, 0.5) is 17.1 Å². The first kappa shape index (κ1) is 41.2. The summed E-state index contributed by atoms with van der Waals surface area (Å²) < 4.78 is 2.26. The molecule has 0 fully saturated rings. The van der Waals surface area contributed by atoms with Crippen molar-refractivity contribution in [3.63, 3.8) is 0 Å². The molecule has 3 N–H and O–H groups in total. The van der Waals surface area contributed by atoms with Crippen molar-refractivity contribution >= 4 is 62.2 Å². The smallest absolute Gasteiger partial charge is 0.140 e. The molecule has 0 saturated carbocycles. The summed E-state index contributed by atoms with van der Waals surface area (Å²) in [5, 5.41) is 15.6. The minimum absolute atomic E-state index is 0.0885. The number of nitrogen functional groups attached to an aromatic ring is 1. The quantitative estimate of drug-likeness (QED) is 0.0698. The molecule has 4 heteroatoms. The summed E-state index contributed by atoms with van der Waals surface area (Å²) in [5.74, 6) is 0.883. The van der Waals surface area contributed by atoms with Crippen LogP contribution in [0.2, 0.25) is 0 Å². The van der Waals surface area contributed by atoms with E-state index in [0.29, 0.717) is 11.6 Å². The standard InChI is InChI=1S/C55H53N3O.C2H6/c1-36(40-14-7-5-8-15-40)22-23-37(2)41-25-28-45(29-26-41)58-53-32-39(4)48(33-49(53)50-34-51(56)55(59)35-54(50)58)46-31-30-44(27-24-38(46)3)57(43-18-9-6-10-19-43)52-21-13-17-42-16-11-12-20-47(42)52;1-2/h5-7,9-10,13,16-35,38,40,59H,8,11-12,14-15,56H2,1-4H3;1-2H3/b36-22+,37-23+;. The van der Waals surface area contributed by atoms with Crippen molar-refractivity contribution in [2.24, 2.45) is 11.8 Å². The number of nitrogens with zero attached hydrogens (tertiary/aromatic N) is 2. The first-order valence-corrected chi connectivity index (χ1v) is 22.2. The number of phenolic OH excluding ortho intramolecular Hbond substituents is 1. The number of aromatic hydroxyl groups is 1. The van der Waals surface area contributed by atoms with Crippen LogP contribution >= 0.6 is 0 Å². The molecule has 5 aromatic carbocycles. The average Bonchev–Trinajstić information content (AvgIpc) is 3.45. The number of allylic oxidation sites excluding steroid dienone is 11. The van der Waals surface area contributed by atoms with Gasteiger partial charge < -0.3 is 20.3 Å². The summed E-state index contributed by atoms with van der Waals surface area (Å²) >= 11 is 0. The second-order valence-corrected chi connectivity index (χ2v) is 16.5. The zero-order valence-corrected chi connectivity index (χ0v) is 36.6. The van der Waals surface area contributed by atoms with E-state index in [0.717, 1.165) is 58.1 Å². The number of benzene rings is 5. The highest BCUT2D eigenvalue weighted by Gasteiger charge is 2.22. The summed E-state index contributed by atoms with van der Waals surface area (Å²) in [5.41, 5.74) is 20.8. The fourth-order valence-corrected chi connectivity index (χ4v) is 9.23. The lowest BCUT2D eigenvalue weighted by atomic mass is 9.88. The van der Waals surface area contributed by atoms with Crippen molar-refractivity contribution in [2.75, 3.05) is 10.6 Å². The number of phenols is 1. The first-order valence-electron chi connectivity index (χ1n) is 22.2. The van der Waals surface area contributed by atoms with Crippen LogP contribution in [-0.4, -0.2) is 9.67 Å². The number of rotatable bonds is 8. The number of hydrogen-bond donors (Lipinski definition) is 2. The zero-order chi connectivity index (χ0) is 42.6. The van der Waals surface area contributed by atoms with Crippen molar-refractivity contribution in [1.82, 2.24) is 4.57 Å². The van der Waals surface area contributed by atoms with Gasteiger partial charge in [0, 0.05) is 39.1 Å². The summed E-state index contributed by atoms with van der Waals surface area (Å²) in [6.07, 6.45) is 28.8. The monoisotopic (exact) mass is 801 g/mol. The van der Waals surface area contributed by atoms with Gasteiger partial charge in [0.2, 0.25) is 0 Å². The van der Waals surface area contributed by atoms with Crippen LogP contribution in [0.5, 0.6) is 5.75 Å². The fraction of sp³-hybridized carbons (Fsp3) is 0.228. The third kappa shape index (κ3) is 8.20. The predicted molar refractivity (Wildman–Crippen MR) is 264 cm³/mol. The van der Waals surface area contributed by atoms with Crippen molar-refractivity contribution in [3.8, 4) is 11.4 Å². The Morgan fingerprint density at radius 2 is 1.56 bits per heavy atom. The molecule has 9 rings (SSSR count). The molecule has 0 spiro atoms. The van der Waals surface area contributed by atoms with Crippen LogP contribution in [0.1, 0.15) is 83.4 Å². The van der Waals surface area contributed by atoms with Crippen LogP contribution in [0, 0.1) is 18.8 Å². The van der Waals surface area contributed by atoms with E-state index in [1.165, 1.54) is 62.4 Å². The van der Waals surface area contributed by atoms with Crippen molar-refractivity contribution in [3.05, 3.63) is 184 Å². The van der Waals surface area contributed by atoms with E-state index in [1.54, 1.807) is 0 Å². The third-order valence-electron chi connectivity index (χ3n) is 12.7. The molecule has 0 aliphatic heterocycles. The molecule has 2 atom stereocenters. The second-order valence-electron chi connectivity index (χ2n) is 16.5. The maximum atomic E-state index is 10.9. The number of aromatic nitrogens is 1. The lowest BCUT2D eigenvalue weighted by Crippen LogP contribution is -2.33.